The van der Waals surface area contributed by atoms with E-state index in [4.69, 9.17) is 19.7 Å². The summed E-state index contributed by atoms with van der Waals surface area (Å²) in [5.41, 5.74) is 0.696. The Morgan fingerprint density at radius 3 is 2.61 bits per heavy atom. The molecule has 0 spiro atoms. The van der Waals surface area contributed by atoms with Gasteiger partial charge < -0.3 is 30.1 Å². The van der Waals surface area contributed by atoms with E-state index in [2.05, 4.69) is 5.32 Å². The van der Waals surface area contributed by atoms with Crippen LogP contribution < -0.4 is 14.8 Å². The van der Waals surface area contributed by atoms with E-state index in [0.717, 1.165) is 0 Å². The van der Waals surface area contributed by atoms with E-state index in [0.29, 0.717) is 17.1 Å². The average molecular weight is 255 g/mol. The predicted molar refractivity (Wildman–Crippen MR) is 63.5 cm³/mol. The topological polar surface area (TPSA) is 91.2 Å². The zero-order valence-electron chi connectivity index (χ0n) is 9.87. The number of hydrogen-bond donors (Lipinski definition) is 4. The van der Waals surface area contributed by atoms with Crippen LogP contribution in [0.5, 0.6) is 11.5 Å². The second-order valence-corrected chi connectivity index (χ2v) is 4.10. The summed E-state index contributed by atoms with van der Waals surface area (Å²) in [5.74, 6) is 1.29. The van der Waals surface area contributed by atoms with Crippen LogP contribution in [-0.4, -0.2) is 47.9 Å². The molecule has 0 amide bonds. The molecule has 1 atom stereocenters. The average Bonchev–Trinajstić information content (AvgIpc) is 2.86. The maximum Gasteiger partial charge on any atom is 0.231 e. The number of nitrogens with one attached hydrogen (secondary N) is 1. The fraction of sp³-hybridized carbons (Fsp3) is 0.500. The van der Waals surface area contributed by atoms with Gasteiger partial charge in [-0.1, -0.05) is 6.07 Å². The molecule has 1 unspecified atom stereocenters. The summed E-state index contributed by atoms with van der Waals surface area (Å²) < 4.78 is 10.4. The molecule has 18 heavy (non-hydrogen) atoms. The van der Waals surface area contributed by atoms with E-state index >= 15 is 0 Å². The van der Waals surface area contributed by atoms with Crippen LogP contribution in [-0.2, 0) is 0 Å². The Morgan fingerprint density at radius 2 is 1.89 bits per heavy atom. The first kappa shape index (κ1) is 13.1. The highest BCUT2D eigenvalue weighted by molar-refractivity contribution is 5.45. The van der Waals surface area contributed by atoms with Crippen LogP contribution in [0.4, 0.5) is 0 Å². The Morgan fingerprint density at radius 1 is 1.17 bits per heavy atom. The minimum absolute atomic E-state index is 0.176. The molecule has 0 aromatic heterocycles. The van der Waals surface area contributed by atoms with Crippen LogP contribution in [0.1, 0.15) is 11.7 Å². The normalized spacial score (nSPS) is 15.1. The number of benzene rings is 1. The van der Waals surface area contributed by atoms with Gasteiger partial charge >= 0.3 is 0 Å². The molecule has 2 rings (SSSR count). The summed E-state index contributed by atoms with van der Waals surface area (Å²) in [7, 11) is 0. The Kier molecular flexibility index (Phi) is 4.38. The third-order valence-corrected chi connectivity index (χ3v) is 2.82. The Labute approximate surface area is 105 Å². The third-order valence-electron chi connectivity index (χ3n) is 2.82. The number of rotatable bonds is 6. The summed E-state index contributed by atoms with van der Waals surface area (Å²) in [6, 6.07) is 4.80. The molecule has 6 heteroatoms. The number of aliphatic hydroxyl groups excluding tert-OH is 3. The summed E-state index contributed by atoms with van der Waals surface area (Å²) >= 11 is 0. The Balaban J connectivity index is 1.94. The lowest BCUT2D eigenvalue weighted by molar-refractivity contribution is 0.135. The summed E-state index contributed by atoms with van der Waals surface area (Å²) in [6.45, 7) is 0.0877. The van der Waals surface area contributed by atoms with Gasteiger partial charge in [-0.3, -0.25) is 0 Å². The molecule has 0 radical (unpaired) electrons. The van der Waals surface area contributed by atoms with Gasteiger partial charge in [-0.05, 0) is 17.7 Å². The van der Waals surface area contributed by atoms with Gasteiger partial charge in [0.15, 0.2) is 11.5 Å². The van der Waals surface area contributed by atoms with Crippen LogP contribution in [0.2, 0.25) is 0 Å². The standard InChI is InChI=1S/C12H17NO5/c14-5-9(6-15)13-4-10(16)8-1-2-11-12(3-8)18-7-17-11/h1-3,9-10,13-16H,4-7H2. The van der Waals surface area contributed by atoms with Crippen molar-refractivity contribution in [3.8, 4) is 11.5 Å². The van der Waals surface area contributed by atoms with Crippen LogP contribution in [0, 0.1) is 0 Å². The van der Waals surface area contributed by atoms with E-state index in [1.807, 2.05) is 0 Å². The van der Waals surface area contributed by atoms with E-state index in [9.17, 15) is 5.11 Å². The van der Waals surface area contributed by atoms with Crippen molar-refractivity contribution in [2.24, 2.45) is 0 Å². The van der Waals surface area contributed by atoms with Gasteiger partial charge in [-0.25, -0.2) is 0 Å². The second-order valence-electron chi connectivity index (χ2n) is 4.10. The number of ether oxygens (including phenoxy) is 2. The van der Waals surface area contributed by atoms with Crippen LogP contribution in [0.15, 0.2) is 18.2 Å². The first-order chi connectivity index (χ1) is 8.74. The van der Waals surface area contributed by atoms with Gasteiger partial charge in [0.2, 0.25) is 6.79 Å². The van der Waals surface area contributed by atoms with Gasteiger partial charge in [0.05, 0.1) is 25.4 Å². The van der Waals surface area contributed by atoms with Crippen molar-refractivity contribution in [2.75, 3.05) is 26.6 Å². The van der Waals surface area contributed by atoms with Gasteiger partial charge in [0, 0.05) is 6.54 Å². The SMILES string of the molecule is OCC(CO)NCC(O)c1ccc2c(c1)OCO2. The number of hydrogen-bond acceptors (Lipinski definition) is 6. The second kappa shape index (κ2) is 6.01. The molecular weight excluding hydrogens is 238 g/mol. The van der Waals surface area contributed by atoms with Crippen LogP contribution in [0.25, 0.3) is 0 Å². The van der Waals surface area contributed by atoms with E-state index in [1.165, 1.54) is 0 Å². The van der Waals surface area contributed by atoms with Crippen molar-refractivity contribution in [1.29, 1.82) is 0 Å². The lowest BCUT2D eigenvalue weighted by Crippen LogP contribution is -2.38. The fourth-order valence-corrected chi connectivity index (χ4v) is 1.70. The Hall–Kier alpha value is -1.34. The Bertz CT molecular complexity index is 394. The van der Waals surface area contributed by atoms with Crippen molar-refractivity contribution in [2.45, 2.75) is 12.1 Å². The third kappa shape index (κ3) is 2.91. The first-order valence-electron chi connectivity index (χ1n) is 5.77. The van der Waals surface area contributed by atoms with E-state index in [-0.39, 0.29) is 26.6 Å². The zero-order valence-corrected chi connectivity index (χ0v) is 9.87. The van der Waals surface area contributed by atoms with Crippen molar-refractivity contribution in [3.05, 3.63) is 23.8 Å². The molecule has 6 nitrogen and oxygen atoms in total. The summed E-state index contributed by atoms with van der Waals surface area (Å²) in [5, 5.41) is 30.6. The molecular formula is C12H17NO5. The smallest absolute Gasteiger partial charge is 0.231 e. The molecule has 100 valence electrons. The number of fused-ring (bicyclic) bond motifs is 1. The van der Waals surface area contributed by atoms with Gasteiger partial charge in [-0.2, -0.15) is 0 Å². The molecule has 4 N–H and O–H groups in total. The van der Waals surface area contributed by atoms with Gasteiger partial charge in [0.25, 0.3) is 0 Å². The molecule has 0 fully saturated rings. The molecule has 1 aromatic rings. The zero-order chi connectivity index (χ0) is 13.0. The minimum Gasteiger partial charge on any atom is -0.454 e. The maximum atomic E-state index is 9.97. The highest BCUT2D eigenvalue weighted by Crippen LogP contribution is 2.34. The summed E-state index contributed by atoms with van der Waals surface area (Å²) in [4.78, 5) is 0. The minimum atomic E-state index is -0.736. The molecule has 0 aliphatic carbocycles. The molecule has 1 aliphatic rings. The van der Waals surface area contributed by atoms with Crippen molar-refractivity contribution in [3.63, 3.8) is 0 Å². The predicted octanol–water partition coefficient (Wildman–Crippen LogP) is -0.609. The highest BCUT2D eigenvalue weighted by Gasteiger charge is 2.17. The van der Waals surface area contributed by atoms with Gasteiger partial charge in [-0.15, -0.1) is 0 Å². The van der Waals surface area contributed by atoms with E-state index < -0.39 is 12.1 Å². The lowest BCUT2D eigenvalue weighted by atomic mass is 10.1. The lowest BCUT2D eigenvalue weighted by Gasteiger charge is -2.17. The van der Waals surface area contributed by atoms with E-state index in [1.54, 1.807) is 18.2 Å². The van der Waals surface area contributed by atoms with Crippen LogP contribution >= 0.6 is 0 Å². The molecule has 1 heterocycles. The first-order valence-corrected chi connectivity index (χ1v) is 5.77. The highest BCUT2D eigenvalue weighted by atomic mass is 16.7. The van der Waals surface area contributed by atoms with Crippen molar-refractivity contribution in [1.82, 2.24) is 5.32 Å². The quantitative estimate of drug-likeness (QED) is 0.542. The largest absolute Gasteiger partial charge is 0.454 e. The van der Waals surface area contributed by atoms with Crippen molar-refractivity contribution < 1.29 is 24.8 Å². The van der Waals surface area contributed by atoms with Crippen LogP contribution in [0.3, 0.4) is 0 Å². The molecule has 1 aliphatic heterocycles. The number of aliphatic hydroxyl groups is 3. The maximum absolute atomic E-state index is 9.97. The molecule has 0 bridgehead atoms. The van der Waals surface area contributed by atoms with Crippen molar-refractivity contribution >= 4 is 0 Å². The summed E-state index contributed by atoms with van der Waals surface area (Å²) in [6.07, 6.45) is -0.736. The van der Waals surface area contributed by atoms with Gasteiger partial charge in [0.1, 0.15) is 0 Å². The fourth-order valence-electron chi connectivity index (χ4n) is 1.70. The molecule has 0 saturated carbocycles. The monoisotopic (exact) mass is 255 g/mol. The molecule has 0 saturated heterocycles. The molecule has 1 aromatic carbocycles.